The molecule has 1 amide bonds. The van der Waals surface area contributed by atoms with Crippen LogP contribution in [0.4, 0.5) is 0 Å². The summed E-state index contributed by atoms with van der Waals surface area (Å²) in [7, 11) is 0. The number of ether oxygens (including phenoxy) is 1. The van der Waals surface area contributed by atoms with Crippen molar-refractivity contribution in [2.45, 2.75) is 19.6 Å². The Morgan fingerprint density at radius 2 is 1.84 bits per heavy atom. The van der Waals surface area contributed by atoms with Crippen molar-refractivity contribution in [1.29, 1.82) is 5.26 Å². The summed E-state index contributed by atoms with van der Waals surface area (Å²) in [6, 6.07) is 17.5. The minimum Gasteiger partial charge on any atom is -0.483 e. The number of nitriles is 1. The first-order valence-corrected chi connectivity index (χ1v) is 10.3. The van der Waals surface area contributed by atoms with Gasteiger partial charge in [0.25, 0.3) is 5.91 Å². The van der Waals surface area contributed by atoms with Crippen LogP contribution >= 0.6 is 34.8 Å². The van der Waals surface area contributed by atoms with Crippen LogP contribution in [0.5, 0.6) is 5.75 Å². The molecule has 0 aliphatic carbocycles. The van der Waals surface area contributed by atoms with E-state index in [9.17, 15) is 10.1 Å². The van der Waals surface area contributed by atoms with E-state index in [0.717, 1.165) is 5.56 Å². The van der Waals surface area contributed by atoms with Gasteiger partial charge in [-0.25, -0.2) is 0 Å². The number of hydrogen-bond acceptors (Lipinski definition) is 4. The Kier molecular flexibility index (Phi) is 7.64. The van der Waals surface area contributed by atoms with Crippen LogP contribution in [0.1, 0.15) is 30.0 Å². The molecule has 0 saturated carbocycles. The Bertz CT molecular complexity index is 1130. The quantitative estimate of drug-likeness (QED) is 0.308. The molecule has 1 aromatic heterocycles. The van der Waals surface area contributed by atoms with E-state index in [1.54, 1.807) is 12.1 Å². The Labute approximate surface area is 194 Å². The smallest absolute Gasteiger partial charge is 0.262 e. The molecule has 31 heavy (non-hydrogen) atoms. The van der Waals surface area contributed by atoms with Crippen molar-refractivity contribution in [3.8, 4) is 11.8 Å². The topological polar surface area (TPSA) is 75.3 Å². The van der Waals surface area contributed by atoms with Gasteiger partial charge >= 0.3 is 0 Å². The second kappa shape index (κ2) is 10.4. The van der Waals surface area contributed by atoms with E-state index in [1.807, 2.05) is 43.3 Å². The highest BCUT2D eigenvalue weighted by atomic mass is 35.5. The number of furan rings is 1. The summed E-state index contributed by atoms with van der Waals surface area (Å²) in [5.41, 5.74) is 0.860. The van der Waals surface area contributed by atoms with Gasteiger partial charge in [-0.2, -0.15) is 5.26 Å². The molecule has 8 heteroatoms. The molecule has 0 bridgehead atoms. The molecule has 0 radical (unpaired) electrons. The molecule has 0 aliphatic heterocycles. The Morgan fingerprint density at radius 3 is 2.48 bits per heavy atom. The third-order valence-electron chi connectivity index (χ3n) is 4.30. The van der Waals surface area contributed by atoms with E-state index >= 15 is 0 Å². The SMILES string of the molecule is C[C@H](NC(=O)/C(C#N)=C/c1ccc(COc2c(Cl)cc(Cl)cc2Cl)o1)c1ccccc1. The number of carbonyl (C=O) groups excluding carboxylic acids is 1. The molecule has 0 unspecified atom stereocenters. The highest BCUT2D eigenvalue weighted by Gasteiger charge is 2.15. The first-order chi connectivity index (χ1) is 14.9. The molecule has 1 atom stereocenters. The zero-order chi connectivity index (χ0) is 22.4. The van der Waals surface area contributed by atoms with Crippen LogP contribution in [-0.2, 0) is 11.4 Å². The van der Waals surface area contributed by atoms with Crippen LogP contribution < -0.4 is 10.1 Å². The highest BCUT2D eigenvalue weighted by Crippen LogP contribution is 2.36. The number of hydrogen-bond donors (Lipinski definition) is 1. The van der Waals surface area contributed by atoms with Gasteiger partial charge in [0.15, 0.2) is 5.75 Å². The lowest BCUT2D eigenvalue weighted by atomic mass is 10.1. The molecule has 158 valence electrons. The van der Waals surface area contributed by atoms with E-state index in [0.29, 0.717) is 16.5 Å². The number of amides is 1. The minimum atomic E-state index is -0.493. The maximum Gasteiger partial charge on any atom is 0.262 e. The average molecular weight is 476 g/mol. The molecule has 3 aromatic rings. The molecule has 2 aromatic carbocycles. The fraction of sp³-hybridized carbons (Fsp3) is 0.130. The van der Waals surface area contributed by atoms with Gasteiger partial charge in [-0.3, -0.25) is 4.79 Å². The summed E-state index contributed by atoms with van der Waals surface area (Å²) >= 11 is 18.1. The summed E-state index contributed by atoms with van der Waals surface area (Å²) < 4.78 is 11.3. The molecular formula is C23H17Cl3N2O3. The average Bonchev–Trinajstić information content (AvgIpc) is 3.19. The molecule has 1 heterocycles. The number of carbonyl (C=O) groups is 1. The first kappa shape index (κ1) is 22.8. The number of benzene rings is 2. The zero-order valence-corrected chi connectivity index (χ0v) is 18.6. The van der Waals surface area contributed by atoms with Gasteiger partial charge in [0.2, 0.25) is 0 Å². The van der Waals surface area contributed by atoms with Gasteiger partial charge in [0, 0.05) is 11.1 Å². The molecule has 1 N–H and O–H groups in total. The van der Waals surface area contributed by atoms with Crippen LogP contribution in [-0.4, -0.2) is 5.91 Å². The molecule has 0 spiro atoms. The second-order valence-electron chi connectivity index (χ2n) is 6.57. The largest absolute Gasteiger partial charge is 0.483 e. The second-order valence-corrected chi connectivity index (χ2v) is 7.82. The highest BCUT2D eigenvalue weighted by molar-refractivity contribution is 6.40. The van der Waals surface area contributed by atoms with Gasteiger partial charge in [-0.15, -0.1) is 0 Å². The Hall–Kier alpha value is -2.91. The fourth-order valence-corrected chi connectivity index (χ4v) is 3.68. The molecule has 3 rings (SSSR count). The summed E-state index contributed by atoms with van der Waals surface area (Å²) in [6.07, 6.45) is 1.37. The van der Waals surface area contributed by atoms with E-state index in [1.165, 1.54) is 18.2 Å². The standard InChI is InChI=1S/C23H17Cl3N2O3/c1-14(15-5-3-2-4-6-15)28-23(29)16(12-27)9-18-7-8-19(31-18)13-30-22-20(25)10-17(24)11-21(22)26/h2-11,14H,13H2,1H3,(H,28,29)/b16-9+/t14-/m0/s1. The fourth-order valence-electron chi connectivity index (χ4n) is 2.75. The van der Waals surface area contributed by atoms with Crippen molar-refractivity contribution in [3.63, 3.8) is 0 Å². The van der Waals surface area contributed by atoms with Gasteiger partial charge in [0.1, 0.15) is 29.8 Å². The van der Waals surface area contributed by atoms with Crippen molar-refractivity contribution in [1.82, 2.24) is 5.32 Å². The number of nitrogens with one attached hydrogen (secondary N) is 1. The maximum atomic E-state index is 12.5. The number of rotatable bonds is 7. The van der Waals surface area contributed by atoms with Crippen LogP contribution in [0.2, 0.25) is 15.1 Å². The van der Waals surface area contributed by atoms with Gasteiger partial charge in [-0.05, 0) is 36.8 Å². The lowest BCUT2D eigenvalue weighted by molar-refractivity contribution is -0.117. The van der Waals surface area contributed by atoms with Crippen molar-refractivity contribution >= 4 is 46.8 Å². The molecule has 5 nitrogen and oxygen atoms in total. The van der Waals surface area contributed by atoms with Crippen LogP contribution in [0.15, 0.2) is 64.6 Å². The van der Waals surface area contributed by atoms with Gasteiger partial charge in [0.05, 0.1) is 16.1 Å². The molecule has 0 aliphatic rings. The molecule has 0 saturated heterocycles. The summed E-state index contributed by atoms with van der Waals surface area (Å²) in [5, 5.41) is 13.2. The van der Waals surface area contributed by atoms with E-state index in [4.69, 9.17) is 44.0 Å². The van der Waals surface area contributed by atoms with E-state index < -0.39 is 5.91 Å². The van der Waals surface area contributed by atoms with E-state index in [2.05, 4.69) is 5.32 Å². The zero-order valence-electron chi connectivity index (χ0n) is 16.4. The summed E-state index contributed by atoms with van der Waals surface area (Å²) in [4.78, 5) is 12.5. The lowest BCUT2D eigenvalue weighted by Gasteiger charge is -2.13. The molecule has 0 fully saturated rings. The third-order valence-corrected chi connectivity index (χ3v) is 5.08. The van der Waals surface area contributed by atoms with Crippen molar-refractivity contribution in [2.75, 3.05) is 0 Å². The maximum absolute atomic E-state index is 12.5. The van der Waals surface area contributed by atoms with Gasteiger partial charge in [-0.1, -0.05) is 65.1 Å². The number of halogens is 3. The Morgan fingerprint density at radius 1 is 1.16 bits per heavy atom. The van der Waals surface area contributed by atoms with E-state index in [-0.39, 0.29) is 34.0 Å². The first-order valence-electron chi connectivity index (χ1n) is 9.21. The van der Waals surface area contributed by atoms with Crippen LogP contribution in [0.3, 0.4) is 0 Å². The monoisotopic (exact) mass is 474 g/mol. The summed E-state index contributed by atoms with van der Waals surface area (Å²) in [6.45, 7) is 1.89. The van der Waals surface area contributed by atoms with Crippen molar-refractivity contribution in [2.24, 2.45) is 0 Å². The number of nitrogens with zero attached hydrogens (tertiary/aromatic N) is 1. The minimum absolute atomic E-state index is 0.0496. The Balaban J connectivity index is 1.66. The predicted octanol–water partition coefficient (Wildman–Crippen LogP) is 6.60. The third kappa shape index (κ3) is 6.05. The summed E-state index contributed by atoms with van der Waals surface area (Å²) in [5.74, 6) is 0.593. The van der Waals surface area contributed by atoms with Crippen molar-refractivity contribution in [3.05, 3.63) is 92.3 Å². The van der Waals surface area contributed by atoms with Crippen LogP contribution in [0.25, 0.3) is 6.08 Å². The normalized spacial score (nSPS) is 12.2. The van der Waals surface area contributed by atoms with Crippen LogP contribution in [0, 0.1) is 11.3 Å². The predicted molar refractivity (Wildman–Crippen MR) is 121 cm³/mol. The van der Waals surface area contributed by atoms with Gasteiger partial charge < -0.3 is 14.5 Å². The lowest BCUT2D eigenvalue weighted by Crippen LogP contribution is -2.27. The molecular weight excluding hydrogens is 459 g/mol. The van der Waals surface area contributed by atoms with Crippen molar-refractivity contribution < 1.29 is 13.9 Å².